The Kier molecular flexibility index (Phi) is 3.23. The first kappa shape index (κ1) is 8.10. The van der Waals surface area contributed by atoms with E-state index in [9.17, 15) is 0 Å². The summed E-state index contributed by atoms with van der Waals surface area (Å²) in [4.78, 5) is 4.69. The van der Waals surface area contributed by atoms with Crippen molar-refractivity contribution in [2.45, 2.75) is 26.4 Å². The second-order valence-corrected chi connectivity index (χ2v) is 2.76. The molecular weight excluding hydrogens is 124 g/mol. The van der Waals surface area contributed by atoms with Gasteiger partial charge < -0.3 is 0 Å². The van der Waals surface area contributed by atoms with Gasteiger partial charge in [-0.2, -0.15) is 0 Å². The van der Waals surface area contributed by atoms with Gasteiger partial charge in [0.05, 0.1) is 5.60 Å². The molecule has 3 nitrogen and oxygen atoms in total. The quantitative estimate of drug-likeness (QED) is 0.302. The summed E-state index contributed by atoms with van der Waals surface area (Å²) in [6, 6.07) is 0. The Morgan fingerprint density at radius 1 is 1.25 bits per heavy atom. The van der Waals surface area contributed by atoms with Crippen LogP contribution in [0, 0.1) is 0 Å². The molecule has 8 heavy (non-hydrogen) atoms. The minimum Gasteiger partial charge on any atom is -0.269 e. The molecule has 0 N–H and O–H groups in total. The molecule has 0 rings (SSSR count). The van der Waals surface area contributed by atoms with Gasteiger partial charge in [0.2, 0.25) is 0 Å². The van der Waals surface area contributed by atoms with Gasteiger partial charge in [-0.1, -0.05) is 5.04 Å². The fourth-order valence-electron chi connectivity index (χ4n) is 0.136. The van der Waals surface area contributed by atoms with Gasteiger partial charge in [0.25, 0.3) is 0 Å². The van der Waals surface area contributed by atoms with E-state index in [0.717, 1.165) is 0 Å². The topological polar surface area (TPSA) is 27.7 Å². The molecule has 0 saturated carbocycles. The Bertz CT molecular complexity index is 58.8. The summed E-state index contributed by atoms with van der Waals surface area (Å²) >= 11 is 0. The second-order valence-electron chi connectivity index (χ2n) is 2.43. The van der Waals surface area contributed by atoms with Gasteiger partial charge in [0.1, 0.15) is 0 Å². The molecule has 0 radical (unpaired) electrons. The van der Waals surface area contributed by atoms with Gasteiger partial charge in [-0.25, -0.2) is 4.89 Å². The van der Waals surface area contributed by atoms with Crippen molar-refractivity contribution in [2.24, 2.45) is 0 Å². The second kappa shape index (κ2) is 3.19. The van der Waals surface area contributed by atoms with Crippen LogP contribution < -0.4 is 0 Å². The van der Waals surface area contributed by atoms with E-state index in [4.69, 9.17) is 4.89 Å². The zero-order chi connectivity index (χ0) is 6.62. The molecular formula is C4H12O3Si. The summed E-state index contributed by atoms with van der Waals surface area (Å²) in [6.07, 6.45) is 0. The molecule has 0 unspecified atom stereocenters. The Labute approximate surface area is 52.3 Å². The fraction of sp³-hybridized carbons (Fsp3) is 1.00. The highest BCUT2D eigenvalue weighted by molar-refractivity contribution is 5.97. The Balaban J connectivity index is 3.11. The van der Waals surface area contributed by atoms with Crippen molar-refractivity contribution < 1.29 is 14.5 Å². The molecule has 0 amide bonds. The highest BCUT2D eigenvalue weighted by atomic mass is 28.2. The standard InChI is InChI=1S/C4H12O3Si/c1-4(2,3)5-6-7-8/h1-3,8H3. The average Bonchev–Trinajstić information content (AvgIpc) is 1.59. The third-order valence-corrected chi connectivity index (χ3v) is 0.488. The third-order valence-electron chi connectivity index (χ3n) is 0.352. The molecule has 0 aromatic rings. The van der Waals surface area contributed by atoms with Gasteiger partial charge in [-0.15, -0.1) is 0 Å². The summed E-state index contributed by atoms with van der Waals surface area (Å²) in [5.41, 5.74) is -0.273. The van der Waals surface area contributed by atoms with Crippen LogP contribution in [0.4, 0.5) is 0 Å². The molecule has 4 heteroatoms. The van der Waals surface area contributed by atoms with Crippen LogP contribution in [0.1, 0.15) is 20.8 Å². The van der Waals surface area contributed by atoms with E-state index in [0.29, 0.717) is 10.5 Å². The summed E-state index contributed by atoms with van der Waals surface area (Å²) < 4.78 is 4.33. The lowest BCUT2D eigenvalue weighted by atomic mass is 10.2. The van der Waals surface area contributed by atoms with Crippen LogP contribution in [0.5, 0.6) is 0 Å². The van der Waals surface area contributed by atoms with Gasteiger partial charge in [-0.3, -0.25) is 4.58 Å². The smallest absolute Gasteiger partial charge is 0.197 e. The largest absolute Gasteiger partial charge is 0.269 e. The average molecular weight is 136 g/mol. The van der Waals surface area contributed by atoms with Gasteiger partial charge in [0, 0.05) is 0 Å². The van der Waals surface area contributed by atoms with Crippen LogP contribution in [0.3, 0.4) is 0 Å². The van der Waals surface area contributed by atoms with Crippen LogP contribution in [-0.2, 0) is 14.5 Å². The van der Waals surface area contributed by atoms with E-state index < -0.39 is 0 Å². The molecule has 0 bridgehead atoms. The van der Waals surface area contributed by atoms with Crippen molar-refractivity contribution in [3.63, 3.8) is 0 Å². The van der Waals surface area contributed by atoms with E-state index in [2.05, 4.69) is 9.61 Å². The first-order chi connectivity index (χ1) is 3.56. The van der Waals surface area contributed by atoms with Crippen LogP contribution in [0.2, 0.25) is 0 Å². The predicted molar refractivity (Wildman–Crippen MR) is 32.9 cm³/mol. The normalized spacial score (nSPS) is 12.4. The Morgan fingerprint density at radius 3 is 1.88 bits per heavy atom. The molecule has 0 saturated heterocycles. The van der Waals surface area contributed by atoms with E-state index in [1.54, 1.807) is 0 Å². The summed E-state index contributed by atoms with van der Waals surface area (Å²) in [5, 5.41) is 4.26. The maximum absolute atomic E-state index is 4.69. The van der Waals surface area contributed by atoms with Crippen molar-refractivity contribution in [1.29, 1.82) is 0 Å². The molecule has 0 heterocycles. The molecule has 0 fully saturated rings. The van der Waals surface area contributed by atoms with Gasteiger partial charge in [-0.05, 0) is 20.8 Å². The molecule has 0 aliphatic rings. The Hall–Kier alpha value is 0.0969. The van der Waals surface area contributed by atoms with E-state index in [1.807, 2.05) is 20.8 Å². The minimum atomic E-state index is -0.273. The first-order valence-corrected chi connectivity index (χ1v) is 3.26. The lowest BCUT2D eigenvalue weighted by Crippen LogP contribution is -2.18. The first-order valence-electron chi connectivity index (χ1n) is 2.45. The van der Waals surface area contributed by atoms with E-state index in [-0.39, 0.29) is 5.60 Å². The summed E-state index contributed by atoms with van der Waals surface area (Å²) in [7, 11) is 0.535. The molecule has 0 aromatic heterocycles. The SMILES string of the molecule is CC(C)(C)OOO[SiH3]. The van der Waals surface area contributed by atoms with Crippen molar-refractivity contribution in [3.05, 3.63) is 0 Å². The van der Waals surface area contributed by atoms with Gasteiger partial charge in [0.15, 0.2) is 10.5 Å². The van der Waals surface area contributed by atoms with Crippen LogP contribution >= 0.6 is 0 Å². The van der Waals surface area contributed by atoms with Crippen LogP contribution in [-0.4, -0.2) is 16.1 Å². The lowest BCUT2D eigenvalue weighted by molar-refractivity contribution is -0.498. The Morgan fingerprint density at radius 2 is 1.75 bits per heavy atom. The number of hydrogen-bond acceptors (Lipinski definition) is 3. The summed E-state index contributed by atoms with van der Waals surface area (Å²) in [6.45, 7) is 5.65. The molecule has 0 spiro atoms. The highest BCUT2D eigenvalue weighted by Gasteiger charge is 2.10. The minimum absolute atomic E-state index is 0.273. The maximum Gasteiger partial charge on any atom is 0.197 e. The monoisotopic (exact) mass is 136 g/mol. The molecule has 0 atom stereocenters. The van der Waals surface area contributed by atoms with E-state index >= 15 is 0 Å². The number of hydrogen-bond donors (Lipinski definition) is 0. The van der Waals surface area contributed by atoms with Crippen LogP contribution in [0.15, 0.2) is 0 Å². The van der Waals surface area contributed by atoms with Crippen molar-refractivity contribution >= 4 is 10.5 Å². The zero-order valence-corrected chi connectivity index (χ0v) is 7.72. The van der Waals surface area contributed by atoms with Crippen molar-refractivity contribution in [3.8, 4) is 0 Å². The third kappa shape index (κ3) is 6.10. The lowest BCUT2D eigenvalue weighted by Gasteiger charge is -2.14. The number of rotatable bonds is 2. The maximum atomic E-state index is 4.69. The van der Waals surface area contributed by atoms with Crippen LogP contribution in [0.25, 0.3) is 0 Å². The van der Waals surface area contributed by atoms with Crippen molar-refractivity contribution in [2.75, 3.05) is 0 Å². The molecule has 0 aliphatic heterocycles. The summed E-state index contributed by atoms with van der Waals surface area (Å²) in [5.74, 6) is 0. The molecule has 0 aliphatic carbocycles. The van der Waals surface area contributed by atoms with Gasteiger partial charge >= 0.3 is 0 Å². The van der Waals surface area contributed by atoms with Crippen molar-refractivity contribution in [1.82, 2.24) is 0 Å². The molecule has 0 aromatic carbocycles. The molecule has 50 valence electrons. The zero-order valence-electron chi connectivity index (χ0n) is 5.72. The predicted octanol–water partition coefficient (Wildman–Crippen LogP) is -0.0549. The highest BCUT2D eigenvalue weighted by Crippen LogP contribution is 2.05. The fourth-order valence-corrected chi connectivity index (χ4v) is 0.204. The van der Waals surface area contributed by atoms with E-state index in [1.165, 1.54) is 0 Å².